The average Bonchev–Trinajstić information content (AvgIpc) is 2.40. The molecule has 0 saturated heterocycles. The van der Waals surface area contributed by atoms with E-state index in [4.69, 9.17) is 10.8 Å². The molecule has 0 bridgehead atoms. The van der Waals surface area contributed by atoms with Crippen molar-refractivity contribution in [2.45, 2.75) is 12.6 Å². The van der Waals surface area contributed by atoms with Crippen molar-refractivity contribution in [3.8, 4) is 0 Å². The third kappa shape index (κ3) is 3.13. The zero-order chi connectivity index (χ0) is 7.40. The molecule has 5 heteroatoms. The van der Waals surface area contributed by atoms with Gasteiger partial charge in [-0.3, -0.25) is 0 Å². The Morgan fingerprint density at radius 2 is 2.36 bits per heavy atom. The largest absolute Gasteiger partial charge is 0.412 e. The molecule has 0 aliphatic carbocycles. The maximum Gasteiger partial charge on any atom is 0.0946 e. The maximum absolute atomic E-state index is 9.06. The standard InChI is InChI=1S/C6H11N3O.H2O/c7-3-6(10)4-9-2-1-8-5-9;/h1-2,5-6,10H,3-4,7H2;1H2. The van der Waals surface area contributed by atoms with Gasteiger partial charge in [-0.1, -0.05) is 0 Å². The number of hydrogen-bond acceptors (Lipinski definition) is 3. The molecule has 0 aliphatic rings. The quantitative estimate of drug-likeness (QED) is 0.554. The first-order chi connectivity index (χ1) is 4.83. The van der Waals surface area contributed by atoms with Crippen molar-refractivity contribution < 1.29 is 10.6 Å². The second-order valence-corrected chi connectivity index (χ2v) is 2.15. The Labute approximate surface area is 64.8 Å². The second-order valence-electron chi connectivity index (χ2n) is 2.15. The lowest BCUT2D eigenvalue weighted by atomic mass is 10.3. The molecule has 5 nitrogen and oxygen atoms in total. The van der Waals surface area contributed by atoms with Crippen LogP contribution in [0.15, 0.2) is 18.7 Å². The molecule has 1 aromatic heterocycles. The summed E-state index contributed by atoms with van der Waals surface area (Å²) in [6, 6.07) is 0. The lowest BCUT2D eigenvalue weighted by molar-refractivity contribution is 0.162. The smallest absolute Gasteiger partial charge is 0.0946 e. The molecule has 1 aromatic rings. The number of aliphatic hydroxyl groups excluding tert-OH is 1. The molecule has 1 rings (SSSR count). The summed E-state index contributed by atoms with van der Waals surface area (Å²) in [5, 5.41) is 9.06. The van der Waals surface area contributed by atoms with Gasteiger partial charge in [-0.2, -0.15) is 0 Å². The summed E-state index contributed by atoms with van der Waals surface area (Å²) in [7, 11) is 0. The van der Waals surface area contributed by atoms with Crippen molar-refractivity contribution in [1.82, 2.24) is 9.55 Å². The van der Waals surface area contributed by atoms with Crippen LogP contribution in [0.4, 0.5) is 0 Å². The molecule has 0 aliphatic heterocycles. The van der Waals surface area contributed by atoms with Crippen LogP contribution in [0.25, 0.3) is 0 Å². The monoisotopic (exact) mass is 159 g/mol. The molecule has 0 spiro atoms. The lowest BCUT2D eigenvalue weighted by Crippen LogP contribution is -2.24. The fourth-order valence-electron chi connectivity index (χ4n) is 0.713. The first-order valence-corrected chi connectivity index (χ1v) is 3.17. The number of hydrogen-bond donors (Lipinski definition) is 2. The molecule has 0 fully saturated rings. The van der Waals surface area contributed by atoms with Crippen molar-refractivity contribution in [3.63, 3.8) is 0 Å². The van der Waals surface area contributed by atoms with E-state index in [1.165, 1.54) is 0 Å². The molecule has 0 amide bonds. The van der Waals surface area contributed by atoms with Gasteiger partial charge in [0.2, 0.25) is 0 Å². The molecule has 1 atom stereocenters. The summed E-state index contributed by atoms with van der Waals surface area (Å²) in [5.41, 5.74) is 5.20. The number of aromatic nitrogens is 2. The minimum atomic E-state index is -0.464. The van der Waals surface area contributed by atoms with E-state index < -0.39 is 6.10 Å². The van der Waals surface area contributed by atoms with Gasteiger partial charge >= 0.3 is 0 Å². The van der Waals surface area contributed by atoms with Crippen LogP contribution in [0.1, 0.15) is 0 Å². The Hall–Kier alpha value is -0.910. The Morgan fingerprint density at radius 3 is 2.82 bits per heavy atom. The summed E-state index contributed by atoms with van der Waals surface area (Å²) >= 11 is 0. The van der Waals surface area contributed by atoms with Gasteiger partial charge < -0.3 is 20.9 Å². The van der Waals surface area contributed by atoms with E-state index in [9.17, 15) is 0 Å². The van der Waals surface area contributed by atoms with Gasteiger partial charge in [0, 0.05) is 18.9 Å². The maximum atomic E-state index is 9.06. The Kier molecular flexibility index (Phi) is 4.44. The molecule has 5 N–H and O–H groups in total. The first-order valence-electron chi connectivity index (χ1n) is 3.17. The van der Waals surface area contributed by atoms with Crippen LogP contribution < -0.4 is 5.73 Å². The molecule has 1 unspecified atom stereocenters. The van der Waals surface area contributed by atoms with Crippen LogP contribution in [0, 0.1) is 0 Å². The zero-order valence-corrected chi connectivity index (χ0v) is 6.14. The van der Waals surface area contributed by atoms with E-state index in [0.29, 0.717) is 6.54 Å². The first kappa shape index (κ1) is 10.1. The molecule has 0 radical (unpaired) electrons. The highest BCUT2D eigenvalue weighted by Crippen LogP contribution is 1.89. The predicted molar refractivity (Wildman–Crippen MR) is 40.9 cm³/mol. The molecule has 1 heterocycles. The van der Waals surface area contributed by atoms with Crippen LogP contribution in [-0.2, 0) is 6.54 Å². The van der Waals surface area contributed by atoms with Crippen molar-refractivity contribution >= 4 is 0 Å². The number of nitrogens with two attached hydrogens (primary N) is 1. The number of rotatable bonds is 3. The summed E-state index contributed by atoms with van der Waals surface area (Å²) in [6.07, 6.45) is 4.65. The topological polar surface area (TPSA) is 95.6 Å². The van der Waals surface area contributed by atoms with Crippen LogP contribution in [0.3, 0.4) is 0 Å². The van der Waals surface area contributed by atoms with Gasteiger partial charge in [-0.25, -0.2) is 4.98 Å². The van der Waals surface area contributed by atoms with E-state index in [2.05, 4.69) is 4.98 Å². The molecule has 11 heavy (non-hydrogen) atoms. The average molecular weight is 159 g/mol. The van der Waals surface area contributed by atoms with Gasteiger partial charge in [0.15, 0.2) is 0 Å². The predicted octanol–water partition coefficient (Wildman–Crippen LogP) is -1.62. The van der Waals surface area contributed by atoms with Gasteiger partial charge in [0.25, 0.3) is 0 Å². The van der Waals surface area contributed by atoms with E-state index in [1.807, 2.05) is 0 Å². The minimum Gasteiger partial charge on any atom is -0.412 e. The van der Waals surface area contributed by atoms with Crippen molar-refractivity contribution in [1.29, 1.82) is 0 Å². The number of aliphatic hydroxyl groups is 1. The lowest BCUT2D eigenvalue weighted by Gasteiger charge is -2.06. The fourth-order valence-corrected chi connectivity index (χ4v) is 0.713. The molecule has 0 saturated carbocycles. The van der Waals surface area contributed by atoms with E-state index >= 15 is 0 Å². The summed E-state index contributed by atoms with van der Waals surface area (Å²) in [6.45, 7) is 0.814. The number of imidazole rings is 1. The van der Waals surface area contributed by atoms with Crippen LogP contribution in [0.5, 0.6) is 0 Å². The van der Waals surface area contributed by atoms with Crippen LogP contribution in [-0.4, -0.2) is 32.8 Å². The van der Waals surface area contributed by atoms with Gasteiger partial charge in [-0.05, 0) is 0 Å². The van der Waals surface area contributed by atoms with Crippen LogP contribution in [0.2, 0.25) is 0 Å². The van der Waals surface area contributed by atoms with Crippen molar-refractivity contribution in [2.75, 3.05) is 6.54 Å². The number of nitrogens with zero attached hydrogens (tertiary/aromatic N) is 2. The normalized spacial score (nSPS) is 12.2. The highest BCUT2D eigenvalue weighted by molar-refractivity contribution is 4.75. The molecule has 0 aromatic carbocycles. The molecular weight excluding hydrogens is 146 g/mol. The SMILES string of the molecule is NCC(O)Cn1ccnc1.O. The van der Waals surface area contributed by atoms with E-state index in [0.717, 1.165) is 0 Å². The Balaban J connectivity index is 0.000001000. The summed E-state index contributed by atoms with van der Waals surface area (Å²) in [4.78, 5) is 3.82. The summed E-state index contributed by atoms with van der Waals surface area (Å²) < 4.78 is 1.79. The van der Waals surface area contributed by atoms with Crippen molar-refractivity contribution in [3.05, 3.63) is 18.7 Å². The Bertz CT molecular complexity index is 176. The summed E-state index contributed by atoms with van der Waals surface area (Å²) in [5.74, 6) is 0. The van der Waals surface area contributed by atoms with Gasteiger partial charge in [0.05, 0.1) is 19.0 Å². The fraction of sp³-hybridized carbons (Fsp3) is 0.500. The second kappa shape index (κ2) is 4.84. The third-order valence-electron chi connectivity index (χ3n) is 1.25. The van der Waals surface area contributed by atoms with Crippen molar-refractivity contribution in [2.24, 2.45) is 5.73 Å². The highest BCUT2D eigenvalue weighted by Gasteiger charge is 1.99. The van der Waals surface area contributed by atoms with Gasteiger partial charge in [0.1, 0.15) is 0 Å². The highest BCUT2D eigenvalue weighted by atomic mass is 16.3. The molecular formula is C6H13N3O2. The Morgan fingerprint density at radius 1 is 1.64 bits per heavy atom. The van der Waals surface area contributed by atoms with E-state index in [-0.39, 0.29) is 12.0 Å². The van der Waals surface area contributed by atoms with Crippen LogP contribution >= 0.6 is 0 Å². The zero-order valence-electron chi connectivity index (χ0n) is 6.14. The third-order valence-corrected chi connectivity index (χ3v) is 1.25. The van der Waals surface area contributed by atoms with E-state index in [1.54, 1.807) is 23.3 Å². The minimum absolute atomic E-state index is 0. The van der Waals surface area contributed by atoms with Gasteiger partial charge in [-0.15, -0.1) is 0 Å². The molecule has 64 valence electrons.